The number of rotatable bonds is 1. The highest BCUT2D eigenvalue weighted by atomic mass is 79.9. The van der Waals surface area contributed by atoms with Gasteiger partial charge in [-0.2, -0.15) is 0 Å². The summed E-state index contributed by atoms with van der Waals surface area (Å²) < 4.78 is 0.878. The van der Waals surface area contributed by atoms with Gasteiger partial charge < -0.3 is 5.21 Å². The standard InChI is InChI=1S/C9H9BrN2O/c1-2-7-5-11-6-9(10)8(7)3-4-12-13/h2-6,13H,1H3/b7-2-,8-3+,12-4+. The number of halogens is 1. The van der Waals surface area contributed by atoms with E-state index >= 15 is 0 Å². The molecule has 0 aliphatic rings. The highest BCUT2D eigenvalue weighted by Gasteiger charge is 1.90. The second-order valence-electron chi connectivity index (χ2n) is 2.34. The Balaban J connectivity index is 3.50. The smallest absolute Gasteiger partial charge is 0.0668 e. The van der Waals surface area contributed by atoms with Gasteiger partial charge in [-0.1, -0.05) is 11.2 Å². The molecule has 1 N–H and O–H groups in total. The average Bonchev–Trinajstić information content (AvgIpc) is 2.15. The van der Waals surface area contributed by atoms with Gasteiger partial charge in [0.1, 0.15) is 0 Å². The van der Waals surface area contributed by atoms with Gasteiger partial charge in [0, 0.05) is 22.1 Å². The summed E-state index contributed by atoms with van der Waals surface area (Å²) in [4.78, 5) is 4.02. The zero-order valence-electron chi connectivity index (χ0n) is 7.11. The minimum Gasteiger partial charge on any atom is -0.411 e. The van der Waals surface area contributed by atoms with Crippen LogP contribution >= 0.6 is 15.9 Å². The van der Waals surface area contributed by atoms with Gasteiger partial charge >= 0.3 is 0 Å². The van der Waals surface area contributed by atoms with Crippen molar-refractivity contribution in [3.63, 3.8) is 0 Å². The molecule has 0 saturated heterocycles. The lowest BCUT2D eigenvalue weighted by Gasteiger charge is -1.91. The highest BCUT2D eigenvalue weighted by molar-refractivity contribution is 9.10. The maximum absolute atomic E-state index is 8.28. The largest absolute Gasteiger partial charge is 0.411 e. The number of hydrogen-bond donors (Lipinski definition) is 1. The number of nitrogens with zero attached hydrogens (tertiary/aromatic N) is 2. The zero-order chi connectivity index (χ0) is 9.68. The van der Waals surface area contributed by atoms with E-state index in [1.807, 2.05) is 13.0 Å². The molecule has 0 aromatic carbocycles. The fourth-order valence-electron chi connectivity index (χ4n) is 0.974. The fourth-order valence-corrected chi connectivity index (χ4v) is 1.45. The van der Waals surface area contributed by atoms with Crippen LogP contribution in [0.15, 0.2) is 22.0 Å². The van der Waals surface area contributed by atoms with Crippen LogP contribution in [0.3, 0.4) is 0 Å². The average molecular weight is 241 g/mol. The molecule has 1 heterocycles. The molecule has 68 valence electrons. The minimum absolute atomic E-state index is 0.878. The summed E-state index contributed by atoms with van der Waals surface area (Å²) in [7, 11) is 0. The monoisotopic (exact) mass is 240 g/mol. The number of oxime groups is 1. The predicted octanol–water partition coefficient (Wildman–Crippen LogP) is 0.885. The Kier molecular flexibility index (Phi) is 3.64. The lowest BCUT2D eigenvalue weighted by Crippen LogP contribution is -2.26. The topological polar surface area (TPSA) is 45.5 Å². The van der Waals surface area contributed by atoms with Crippen LogP contribution in [0, 0.1) is 0 Å². The third-order valence-electron chi connectivity index (χ3n) is 1.59. The molecule has 0 bridgehead atoms. The van der Waals surface area contributed by atoms with Crippen LogP contribution in [0.1, 0.15) is 6.92 Å². The van der Waals surface area contributed by atoms with E-state index in [2.05, 4.69) is 26.1 Å². The molecule has 3 nitrogen and oxygen atoms in total. The summed E-state index contributed by atoms with van der Waals surface area (Å²) in [6, 6.07) is 0. The number of pyridine rings is 1. The normalized spacial score (nSPS) is 14.3. The molecule has 1 aromatic heterocycles. The second-order valence-corrected chi connectivity index (χ2v) is 3.20. The number of aromatic nitrogens is 1. The van der Waals surface area contributed by atoms with Gasteiger partial charge in [-0.05, 0) is 34.1 Å². The van der Waals surface area contributed by atoms with Gasteiger partial charge in [0.15, 0.2) is 0 Å². The molecule has 0 radical (unpaired) electrons. The van der Waals surface area contributed by atoms with Crippen molar-refractivity contribution in [2.45, 2.75) is 6.92 Å². The molecule has 0 aliphatic heterocycles. The Morgan fingerprint density at radius 3 is 2.92 bits per heavy atom. The van der Waals surface area contributed by atoms with Gasteiger partial charge in [-0.15, -0.1) is 0 Å². The maximum Gasteiger partial charge on any atom is 0.0668 e. The van der Waals surface area contributed by atoms with Crippen LogP contribution in [0.4, 0.5) is 0 Å². The van der Waals surface area contributed by atoms with E-state index in [-0.39, 0.29) is 0 Å². The zero-order valence-corrected chi connectivity index (χ0v) is 8.69. The van der Waals surface area contributed by atoms with Crippen molar-refractivity contribution < 1.29 is 5.21 Å². The van der Waals surface area contributed by atoms with E-state index in [1.165, 1.54) is 6.21 Å². The van der Waals surface area contributed by atoms with Crippen molar-refractivity contribution in [2.24, 2.45) is 5.16 Å². The molecule has 0 unspecified atom stereocenters. The molecule has 0 fully saturated rings. The molecule has 0 saturated carbocycles. The third kappa shape index (κ3) is 2.39. The van der Waals surface area contributed by atoms with E-state index in [0.29, 0.717) is 0 Å². The maximum atomic E-state index is 8.28. The second kappa shape index (κ2) is 4.77. The first-order chi connectivity index (χ1) is 6.29. The summed E-state index contributed by atoms with van der Waals surface area (Å²) in [5, 5.41) is 13.1. The Hall–Kier alpha value is -1.16. The lowest BCUT2D eigenvalue weighted by molar-refractivity contribution is 0.322. The first-order valence-corrected chi connectivity index (χ1v) is 4.52. The van der Waals surface area contributed by atoms with Crippen LogP contribution in [-0.4, -0.2) is 16.4 Å². The van der Waals surface area contributed by atoms with Crippen molar-refractivity contribution in [3.8, 4) is 0 Å². The number of hydrogen-bond acceptors (Lipinski definition) is 3. The van der Waals surface area contributed by atoms with E-state index in [9.17, 15) is 0 Å². The summed E-state index contributed by atoms with van der Waals surface area (Å²) >= 11 is 3.36. The molecular formula is C9H9BrN2O. The van der Waals surface area contributed by atoms with Crippen LogP contribution in [0.2, 0.25) is 0 Å². The van der Waals surface area contributed by atoms with E-state index in [0.717, 1.165) is 14.9 Å². The van der Waals surface area contributed by atoms with Crippen molar-refractivity contribution in [1.82, 2.24) is 4.98 Å². The van der Waals surface area contributed by atoms with Crippen molar-refractivity contribution >= 4 is 34.3 Å². The first-order valence-electron chi connectivity index (χ1n) is 3.73. The van der Waals surface area contributed by atoms with Crippen LogP contribution in [-0.2, 0) is 0 Å². The van der Waals surface area contributed by atoms with E-state index < -0.39 is 0 Å². The third-order valence-corrected chi connectivity index (χ3v) is 2.22. The lowest BCUT2D eigenvalue weighted by atomic mass is 10.3. The molecule has 1 rings (SSSR count). The van der Waals surface area contributed by atoms with Crippen LogP contribution < -0.4 is 10.4 Å². The molecule has 4 heteroatoms. The molecular weight excluding hydrogens is 232 g/mol. The van der Waals surface area contributed by atoms with Gasteiger partial charge in [-0.3, -0.25) is 4.98 Å². The van der Waals surface area contributed by atoms with Crippen molar-refractivity contribution in [2.75, 3.05) is 0 Å². The molecule has 0 spiro atoms. The van der Waals surface area contributed by atoms with Crippen LogP contribution in [0.25, 0.3) is 12.2 Å². The van der Waals surface area contributed by atoms with Gasteiger partial charge in [-0.25, -0.2) is 0 Å². The Bertz CT molecular complexity index is 426. The Labute approximate surface area is 84.2 Å². The van der Waals surface area contributed by atoms with E-state index in [4.69, 9.17) is 5.21 Å². The van der Waals surface area contributed by atoms with Crippen LogP contribution in [0.5, 0.6) is 0 Å². The Morgan fingerprint density at radius 1 is 1.54 bits per heavy atom. The van der Waals surface area contributed by atoms with Crippen molar-refractivity contribution in [1.29, 1.82) is 0 Å². The summed E-state index contributed by atoms with van der Waals surface area (Å²) in [5.74, 6) is 0. The van der Waals surface area contributed by atoms with Gasteiger partial charge in [0.25, 0.3) is 0 Å². The van der Waals surface area contributed by atoms with E-state index in [1.54, 1.807) is 18.5 Å². The first kappa shape index (κ1) is 9.92. The molecule has 0 atom stereocenters. The summed E-state index contributed by atoms with van der Waals surface area (Å²) in [6.07, 6.45) is 8.43. The molecule has 1 aromatic rings. The predicted molar refractivity (Wildman–Crippen MR) is 56.1 cm³/mol. The SMILES string of the molecule is C/C=c1/cncc(Br)/c1=C/C=N/O. The fraction of sp³-hybridized carbons (Fsp3) is 0.111. The summed E-state index contributed by atoms with van der Waals surface area (Å²) in [5.41, 5.74) is 0. The summed E-state index contributed by atoms with van der Waals surface area (Å²) in [6.45, 7) is 1.93. The minimum atomic E-state index is 0.878. The molecule has 0 amide bonds. The molecule has 13 heavy (non-hydrogen) atoms. The molecule has 0 aliphatic carbocycles. The van der Waals surface area contributed by atoms with Gasteiger partial charge in [0.05, 0.1) is 6.21 Å². The Morgan fingerprint density at radius 2 is 2.31 bits per heavy atom. The quantitative estimate of drug-likeness (QED) is 0.450. The van der Waals surface area contributed by atoms with Crippen molar-refractivity contribution in [3.05, 3.63) is 27.3 Å². The highest BCUT2D eigenvalue weighted by Crippen LogP contribution is 1.95. The van der Waals surface area contributed by atoms with Gasteiger partial charge in [0.2, 0.25) is 0 Å².